The van der Waals surface area contributed by atoms with Gasteiger partial charge in [0.1, 0.15) is 11.3 Å². The molecule has 1 heterocycles. The highest BCUT2D eigenvalue weighted by Crippen LogP contribution is 2.48. The second-order valence-electron chi connectivity index (χ2n) is 6.64. The van der Waals surface area contributed by atoms with E-state index in [2.05, 4.69) is 0 Å². The number of hydrogen-bond donors (Lipinski definition) is 1. The Morgan fingerprint density at radius 2 is 1.96 bits per heavy atom. The number of rotatable bonds is 3. The highest BCUT2D eigenvalue weighted by Gasteiger charge is 2.62. The van der Waals surface area contributed by atoms with Gasteiger partial charge < -0.3 is 9.84 Å². The first-order chi connectivity index (χ1) is 11.7. The molecule has 0 radical (unpaired) electrons. The molecular formula is C18H18ClF3O3. The normalized spacial score (nSPS) is 24.2. The molecule has 1 aromatic carbocycles. The van der Waals surface area contributed by atoms with Crippen LogP contribution in [0.3, 0.4) is 0 Å². The number of ether oxygens (including phenoxy) is 1. The summed E-state index contributed by atoms with van der Waals surface area (Å²) in [6.45, 7) is 0. The molecule has 0 saturated heterocycles. The number of carbonyl (C=O) groups is 1. The van der Waals surface area contributed by atoms with E-state index in [9.17, 15) is 18.0 Å². The van der Waals surface area contributed by atoms with Gasteiger partial charge in [-0.3, -0.25) is 0 Å². The second-order valence-corrected chi connectivity index (χ2v) is 7.17. The first kappa shape index (κ1) is 18.1. The molecule has 136 valence electrons. The average Bonchev–Trinajstić information content (AvgIpc) is 2.53. The fraction of sp³-hybridized carbons (Fsp3) is 0.500. The molecule has 1 aliphatic heterocycles. The minimum atomic E-state index is -5.06. The molecule has 1 N–H and O–H groups in total. The minimum Gasteiger partial charge on any atom is -0.478 e. The van der Waals surface area contributed by atoms with Crippen molar-refractivity contribution in [1.29, 1.82) is 0 Å². The third kappa shape index (κ3) is 3.50. The third-order valence-electron chi connectivity index (χ3n) is 4.82. The lowest BCUT2D eigenvalue weighted by atomic mass is 9.84. The van der Waals surface area contributed by atoms with Crippen LogP contribution in [0.2, 0.25) is 0 Å². The smallest absolute Gasteiger partial charge is 0.448 e. The Balaban J connectivity index is 1.92. The van der Waals surface area contributed by atoms with E-state index < -0.39 is 22.8 Å². The van der Waals surface area contributed by atoms with Gasteiger partial charge in [0.25, 0.3) is 0 Å². The number of aliphatic carboxylic acids is 1. The van der Waals surface area contributed by atoms with Crippen LogP contribution >= 0.6 is 11.6 Å². The lowest BCUT2D eigenvalue weighted by molar-refractivity contribution is -0.204. The van der Waals surface area contributed by atoms with Gasteiger partial charge in [0, 0.05) is 5.56 Å². The maximum Gasteiger partial charge on any atom is 0.448 e. The number of alkyl halides is 4. The lowest BCUT2D eigenvalue weighted by Gasteiger charge is -2.34. The Bertz CT molecular complexity index is 708. The van der Waals surface area contributed by atoms with Gasteiger partial charge in [-0.05, 0) is 30.0 Å². The molecule has 1 aliphatic carbocycles. The van der Waals surface area contributed by atoms with E-state index in [1.165, 1.54) is 19.3 Å². The van der Waals surface area contributed by atoms with Crippen molar-refractivity contribution in [2.75, 3.05) is 0 Å². The van der Waals surface area contributed by atoms with Crippen LogP contribution in [0.15, 0.2) is 23.8 Å². The Kier molecular flexibility index (Phi) is 4.75. The molecule has 1 aromatic rings. The fourth-order valence-corrected chi connectivity index (χ4v) is 3.72. The Morgan fingerprint density at radius 3 is 2.56 bits per heavy atom. The molecule has 3 rings (SSSR count). The van der Waals surface area contributed by atoms with Gasteiger partial charge >= 0.3 is 17.2 Å². The van der Waals surface area contributed by atoms with Gasteiger partial charge in [0.15, 0.2) is 0 Å². The number of fused-ring (bicyclic) bond motifs is 1. The highest BCUT2D eigenvalue weighted by molar-refractivity contribution is 6.29. The first-order valence-corrected chi connectivity index (χ1v) is 8.61. The van der Waals surface area contributed by atoms with Crippen LogP contribution in [-0.4, -0.2) is 22.3 Å². The van der Waals surface area contributed by atoms with Crippen LogP contribution in [0.5, 0.6) is 5.75 Å². The largest absolute Gasteiger partial charge is 0.478 e. The number of carboxylic acid groups (broad SMARTS) is 1. The summed E-state index contributed by atoms with van der Waals surface area (Å²) in [5.41, 5.74) is 0.124. The standard InChI is InChI=1S/C18H18ClF3O3/c19-17(18(20,21)22)14(16(23)24)10-13-7-6-12(9-15(13)25-17)8-11-4-2-1-3-5-11/h6-7,9-11H,1-5,8H2,(H,23,24). The zero-order valence-corrected chi connectivity index (χ0v) is 14.2. The molecule has 0 bridgehead atoms. The van der Waals surface area contributed by atoms with Gasteiger partial charge in [-0.25, -0.2) is 4.79 Å². The van der Waals surface area contributed by atoms with Crippen LogP contribution in [-0.2, 0) is 11.2 Å². The predicted molar refractivity (Wildman–Crippen MR) is 87.6 cm³/mol. The first-order valence-electron chi connectivity index (χ1n) is 8.24. The monoisotopic (exact) mass is 374 g/mol. The van der Waals surface area contributed by atoms with E-state index in [-0.39, 0.29) is 11.3 Å². The number of hydrogen-bond acceptors (Lipinski definition) is 2. The Hall–Kier alpha value is -1.69. The molecule has 1 fully saturated rings. The highest BCUT2D eigenvalue weighted by atomic mass is 35.5. The molecule has 2 aliphatic rings. The molecule has 7 heteroatoms. The van der Waals surface area contributed by atoms with E-state index in [0.29, 0.717) is 5.92 Å². The van der Waals surface area contributed by atoms with E-state index >= 15 is 0 Å². The maximum atomic E-state index is 13.3. The van der Waals surface area contributed by atoms with Gasteiger partial charge in [0.05, 0.1) is 0 Å². The maximum absolute atomic E-state index is 13.3. The van der Waals surface area contributed by atoms with Crippen molar-refractivity contribution in [2.24, 2.45) is 5.92 Å². The molecular weight excluding hydrogens is 357 g/mol. The van der Waals surface area contributed by atoms with Gasteiger partial charge in [0.2, 0.25) is 0 Å². The van der Waals surface area contributed by atoms with Crippen molar-refractivity contribution in [3.05, 3.63) is 34.9 Å². The van der Waals surface area contributed by atoms with Gasteiger partial charge in [-0.2, -0.15) is 13.2 Å². The minimum absolute atomic E-state index is 0.0364. The Labute approximate surface area is 148 Å². The zero-order chi connectivity index (χ0) is 18.2. The number of carboxylic acids is 1. The van der Waals surface area contributed by atoms with E-state index in [1.807, 2.05) is 6.07 Å². The molecule has 0 amide bonds. The SMILES string of the molecule is O=C(O)C1=Cc2ccc(CC3CCCCC3)cc2OC1(Cl)C(F)(F)F. The summed E-state index contributed by atoms with van der Waals surface area (Å²) < 4.78 is 45.0. The third-order valence-corrected chi connectivity index (χ3v) is 5.31. The van der Waals surface area contributed by atoms with Crippen LogP contribution in [0.4, 0.5) is 13.2 Å². The van der Waals surface area contributed by atoms with Crippen molar-refractivity contribution in [3.63, 3.8) is 0 Å². The van der Waals surface area contributed by atoms with Crippen LogP contribution in [0.1, 0.15) is 43.2 Å². The van der Waals surface area contributed by atoms with Gasteiger partial charge in [-0.1, -0.05) is 55.8 Å². The quantitative estimate of drug-likeness (QED) is 0.743. The Morgan fingerprint density at radius 1 is 1.28 bits per heavy atom. The lowest BCUT2D eigenvalue weighted by Crippen LogP contribution is -2.50. The molecule has 1 saturated carbocycles. The topological polar surface area (TPSA) is 46.5 Å². The van der Waals surface area contributed by atoms with Crippen LogP contribution < -0.4 is 4.74 Å². The summed E-state index contributed by atoms with van der Waals surface area (Å²) in [4.78, 5) is 11.2. The molecule has 0 spiro atoms. The summed E-state index contributed by atoms with van der Waals surface area (Å²) in [7, 11) is 0. The van der Waals surface area contributed by atoms with Crippen molar-refractivity contribution in [2.45, 2.75) is 49.8 Å². The summed E-state index contributed by atoms with van der Waals surface area (Å²) >= 11 is 5.59. The molecule has 3 nitrogen and oxygen atoms in total. The second kappa shape index (κ2) is 6.56. The zero-order valence-electron chi connectivity index (χ0n) is 13.4. The summed E-state index contributed by atoms with van der Waals surface area (Å²) in [6, 6.07) is 4.94. The van der Waals surface area contributed by atoms with Crippen molar-refractivity contribution in [1.82, 2.24) is 0 Å². The molecule has 1 atom stereocenters. The molecule has 25 heavy (non-hydrogen) atoms. The van der Waals surface area contributed by atoms with Crippen LogP contribution in [0.25, 0.3) is 6.08 Å². The summed E-state index contributed by atoms with van der Waals surface area (Å²) in [6.07, 6.45) is 2.46. The van der Waals surface area contributed by atoms with E-state index in [0.717, 1.165) is 30.9 Å². The summed E-state index contributed by atoms with van der Waals surface area (Å²) in [5.74, 6) is -1.28. The molecule has 1 unspecified atom stereocenters. The van der Waals surface area contributed by atoms with Crippen molar-refractivity contribution < 1.29 is 27.8 Å². The fourth-order valence-electron chi connectivity index (χ4n) is 3.50. The molecule has 0 aromatic heterocycles. The predicted octanol–water partition coefficient (Wildman–Crippen LogP) is 5.17. The van der Waals surface area contributed by atoms with Crippen molar-refractivity contribution >= 4 is 23.6 Å². The summed E-state index contributed by atoms with van der Waals surface area (Å²) in [5, 5.41) is 5.72. The number of benzene rings is 1. The average molecular weight is 375 g/mol. The van der Waals surface area contributed by atoms with Gasteiger partial charge in [-0.15, -0.1) is 0 Å². The van der Waals surface area contributed by atoms with Crippen molar-refractivity contribution in [3.8, 4) is 5.75 Å². The number of halogens is 4. The van der Waals surface area contributed by atoms with E-state index in [1.54, 1.807) is 12.1 Å². The van der Waals surface area contributed by atoms with E-state index in [4.69, 9.17) is 21.4 Å². The van der Waals surface area contributed by atoms with Crippen LogP contribution in [0, 0.1) is 5.92 Å².